The second-order valence-corrected chi connectivity index (χ2v) is 4.87. The van der Waals surface area contributed by atoms with Crippen LogP contribution in [-0.4, -0.2) is 36.3 Å². The number of furan rings is 1. The van der Waals surface area contributed by atoms with Crippen LogP contribution in [0.15, 0.2) is 23.0 Å². The Bertz CT molecular complexity index is 415. The number of nitrogens with zero attached hydrogens (tertiary/aromatic N) is 1. The Morgan fingerprint density at radius 1 is 1.47 bits per heavy atom. The van der Waals surface area contributed by atoms with Crippen molar-refractivity contribution in [2.75, 3.05) is 13.6 Å². The minimum absolute atomic E-state index is 0.0405. The minimum Gasteiger partial charge on any atom is -0.472 e. The Balaban J connectivity index is 2.36. The Labute approximate surface area is 112 Å². The predicted octanol–water partition coefficient (Wildman–Crippen LogP) is 0.338. The number of nitrogens with two attached hydrogens (primary N) is 1. The van der Waals surface area contributed by atoms with Crippen LogP contribution < -0.4 is 11.1 Å². The first kappa shape index (κ1) is 15.2. The summed E-state index contributed by atoms with van der Waals surface area (Å²) in [5, 5.41) is 2.55. The molecule has 3 N–H and O–H groups in total. The fraction of sp³-hybridized carbons (Fsp3) is 0.538. The highest BCUT2D eigenvalue weighted by molar-refractivity contribution is 5.87. The van der Waals surface area contributed by atoms with Gasteiger partial charge in [0.25, 0.3) is 0 Å². The molecule has 1 aromatic heterocycles. The third kappa shape index (κ3) is 4.75. The van der Waals surface area contributed by atoms with Crippen LogP contribution in [0.4, 0.5) is 0 Å². The van der Waals surface area contributed by atoms with Crippen molar-refractivity contribution in [3.8, 4) is 0 Å². The van der Waals surface area contributed by atoms with E-state index in [0.29, 0.717) is 6.54 Å². The van der Waals surface area contributed by atoms with E-state index in [1.54, 1.807) is 25.6 Å². The zero-order chi connectivity index (χ0) is 14.4. The van der Waals surface area contributed by atoms with Gasteiger partial charge in [-0.3, -0.25) is 9.59 Å². The molecule has 0 aliphatic carbocycles. The maximum absolute atomic E-state index is 11.8. The summed E-state index contributed by atoms with van der Waals surface area (Å²) in [7, 11) is 1.67. The third-order valence-electron chi connectivity index (χ3n) is 2.86. The molecule has 0 bridgehead atoms. The molecule has 0 saturated carbocycles. The van der Waals surface area contributed by atoms with E-state index in [9.17, 15) is 9.59 Å². The van der Waals surface area contributed by atoms with Gasteiger partial charge in [0.1, 0.15) is 0 Å². The van der Waals surface area contributed by atoms with Crippen molar-refractivity contribution in [2.45, 2.75) is 26.4 Å². The van der Waals surface area contributed by atoms with Gasteiger partial charge >= 0.3 is 0 Å². The van der Waals surface area contributed by atoms with Gasteiger partial charge in [-0.2, -0.15) is 0 Å². The lowest BCUT2D eigenvalue weighted by atomic mass is 10.1. The molecule has 6 heteroatoms. The van der Waals surface area contributed by atoms with E-state index in [-0.39, 0.29) is 24.3 Å². The number of hydrogen-bond acceptors (Lipinski definition) is 4. The van der Waals surface area contributed by atoms with Crippen molar-refractivity contribution < 1.29 is 14.0 Å². The van der Waals surface area contributed by atoms with Gasteiger partial charge in [0.05, 0.1) is 25.1 Å². The van der Waals surface area contributed by atoms with Crippen LogP contribution in [0.3, 0.4) is 0 Å². The quantitative estimate of drug-likeness (QED) is 0.777. The predicted molar refractivity (Wildman–Crippen MR) is 71.0 cm³/mol. The summed E-state index contributed by atoms with van der Waals surface area (Å²) >= 11 is 0. The third-order valence-corrected chi connectivity index (χ3v) is 2.86. The summed E-state index contributed by atoms with van der Waals surface area (Å²) in [6.07, 6.45) is 3.13. The molecule has 0 fully saturated rings. The zero-order valence-corrected chi connectivity index (χ0v) is 11.6. The minimum atomic E-state index is -0.591. The molecule has 2 amide bonds. The van der Waals surface area contributed by atoms with E-state index < -0.39 is 6.04 Å². The van der Waals surface area contributed by atoms with Gasteiger partial charge in [-0.15, -0.1) is 0 Å². The summed E-state index contributed by atoms with van der Waals surface area (Å²) < 4.78 is 4.93. The molecule has 0 aliphatic rings. The Hall–Kier alpha value is -1.82. The molecule has 6 nitrogen and oxygen atoms in total. The number of carbonyl (C=O) groups excluding carboxylic acids is 2. The van der Waals surface area contributed by atoms with Gasteiger partial charge < -0.3 is 20.4 Å². The molecule has 0 aromatic carbocycles. The van der Waals surface area contributed by atoms with Crippen molar-refractivity contribution in [3.05, 3.63) is 24.2 Å². The van der Waals surface area contributed by atoms with Crippen molar-refractivity contribution in [1.29, 1.82) is 0 Å². The first-order valence-corrected chi connectivity index (χ1v) is 6.20. The van der Waals surface area contributed by atoms with Crippen LogP contribution in [0.25, 0.3) is 0 Å². The van der Waals surface area contributed by atoms with Gasteiger partial charge in [0, 0.05) is 19.2 Å². The van der Waals surface area contributed by atoms with Gasteiger partial charge in [-0.05, 0) is 12.0 Å². The van der Waals surface area contributed by atoms with E-state index in [2.05, 4.69) is 5.32 Å². The van der Waals surface area contributed by atoms with Crippen molar-refractivity contribution >= 4 is 11.8 Å². The molecule has 0 unspecified atom stereocenters. The molecule has 19 heavy (non-hydrogen) atoms. The normalized spacial score (nSPS) is 12.3. The molecule has 0 radical (unpaired) electrons. The van der Waals surface area contributed by atoms with Gasteiger partial charge in [0.15, 0.2) is 0 Å². The van der Waals surface area contributed by atoms with Crippen LogP contribution in [0.5, 0.6) is 0 Å². The maximum atomic E-state index is 11.8. The van der Waals surface area contributed by atoms with Crippen LogP contribution in [0.2, 0.25) is 0 Å². The lowest BCUT2D eigenvalue weighted by Crippen LogP contribution is -2.47. The molecule has 0 aliphatic heterocycles. The number of rotatable bonds is 6. The first-order valence-electron chi connectivity index (χ1n) is 6.20. The van der Waals surface area contributed by atoms with Crippen LogP contribution in [0, 0.1) is 5.92 Å². The van der Waals surface area contributed by atoms with E-state index in [1.165, 1.54) is 4.90 Å². The molecule has 1 atom stereocenters. The summed E-state index contributed by atoms with van der Waals surface area (Å²) in [5.41, 5.74) is 6.59. The van der Waals surface area contributed by atoms with E-state index in [4.69, 9.17) is 10.2 Å². The number of likely N-dealkylation sites (N-methyl/N-ethyl adjacent to an activating group) is 1. The topological polar surface area (TPSA) is 88.6 Å². The highest BCUT2D eigenvalue weighted by Crippen LogP contribution is 2.03. The largest absolute Gasteiger partial charge is 0.472 e. The highest BCUT2D eigenvalue weighted by atomic mass is 16.3. The summed E-state index contributed by atoms with van der Waals surface area (Å²) in [6, 6.07) is 1.20. The van der Waals surface area contributed by atoms with Gasteiger partial charge in [0.2, 0.25) is 11.8 Å². The summed E-state index contributed by atoms with van der Waals surface area (Å²) in [5.74, 6) is -0.440. The van der Waals surface area contributed by atoms with E-state index in [1.807, 2.05) is 13.8 Å². The van der Waals surface area contributed by atoms with E-state index >= 15 is 0 Å². The molecule has 1 aromatic rings. The number of hydrogen-bond donors (Lipinski definition) is 2. The second-order valence-electron chi connectivity index (χ2n) is 4.87. The molecule has 106 valence electrons. The lowest BCUT2D eigenvalue weighted by molar-refractivity contribution is -0.132. The first-order chi connectivity index (χ1) is 8.91. The van der Waals surface area contributed by atoms with Crippen LogP contribution >= 0.6 is 0 Å². The van der Waals surface area contributed by atoms with Crippen LogP contribution in [0.1, 0.15) is 19.4 Å². The highest BCUT2D eigenvalue weighted by Gasteiger charge is 2.18. The average molecular weight is 267 g/mol. The Morgan fingerprint density at radius 3 is 2.68 bits per heavy atom. The van der Waals surface area contributed by atoms with Gasteiger partial charge in [-0.1, -0.05) is 13.8 Å². The fourth-order valence-corrected chi connectivity index (χ4v) is 1.46. The fourth-order valence-electron chi connectivity index (χ4n) is 1.46. The smallest absolute Gasteiger partial charge is 0.242 e. The molecular weight excluding hydrogens is 246 g/mol. The Morgan fingerprint density at radius 2 is 2.16 bits per heavy atom. The molecule has 0 saturated heterocycles. The lowest BCUT2D eigenvalue weighted by Gasteiger charge is -2.18. The van der Waals surface area contributed by atoms with Crippen molar-refractivity contribution in [2.24, 2.45) is 11.7 Å². The monoisotopic (exact) mass is 267 g/mol. The van der Waals surface area contributed by atoms with E-state index in [0.717, 1.165) is 5.56 Å². The maximum Gasteiger partial charge on any atom is 0.242 e. The molecular formula is C13H21N3O3. The summed E-state index contributed by atoms with van der Waals surface area (Å²) in [4.78, 5) is 24.9. The molecule has 0 spiro atoms. The standard InChI is InChI=1S/C13H21N3O3/c1-9(2)12(14)13(18)15-6-11(17)16(3)7-10-4-5-19-8-10/h4-5,8-9,12H,6-7,14H2,1-3H3,(H,15,18)/t12-/m0/s1. The SMILES string of the molecule is CC(C)[C@H](N)C(=O)NCC(=O)N(C)Cc1ccoc1. The van der Waals surface area contributed by atoms with Crippen molar-refractivity contribution in [3.63, 3.8) is 0 Å². The summed E-state index contributed by atoms with van der Waals surface area (Å²) in [6.45, 7) is 4.11. The number of carbonyl (C=O) groups is 2. The van der Waals surface area contributed by atoms with Crippen molar-refractivity contribution in [1.82, 2.24) is 10.2 Å². The van der Waals surface area contributed by atoms with Gasteiger partial charge in [-0.25, -0.2) is 0 Å². The number of amides is 2. The molecule has 1 rings (SSSR count). The Kier molecular flexibility index (Phi) is 5.57. The van der Waals surface area contributed by atoms with Crippen LogP contribution in [-0.2, 0) is 16.1 Å². The zero-order valence-electron chi connectivity index (χ0n) is 11.6. The number of nitrogens with one attached hydrogen (secondary N) is 1. The second kappa shape index (κ2) is 6.94. The average Bonchev–Trinajstić information content (AvgIpc) is 2.86. The molecule has 1 heterocycles.